The van der Waals surface area contributed by atoms with Crippen molar-refractivity contribution in [2.45, 2.75) is 17.7 Å². The van der Waals surface area contributed by atoms with Crippen LogP contribution in [0.4, 0.5) is 4.39 Å². The Balaban J connectivity index is 2.20. The molecule has 0 heterocycles. The fourth-order valence-corrected chi connectivity index (χ4v) is 3.08. The minimum atomic E-state index is -4.11. The number of carboxylic acids is 1. The summed E-state index contributed by atoms with van der Waals surface area (Å²) >= 11 is 5.51. The Hall–Kier alpha value is -1.18. The van der Waals surface area contributed by atoms with Crippen LogP contribution in [0.2, 0.25) is 5.02 Å². The van der Waals surface area contributed by atoms with Crippen LogP contribution in [0.15, 0.2) is 23.1 Å². The van der Waals surface area contributed by atoms with Gasteiger partial charge >= 0.3 is 5.97 Å². The van der Waals surface area contributed by atoms with Crippen molar-refractivity contribution in [3.05, 3.63) is 29.0 Å². The number of hydrogen-bond acceptors (Lipinski definition) is 3. The molecule has 1 aliphatic carbocycles. The summed E-state index contributed by atoms with van der Waals surface area (Å²) in [4.78, 5) is 10.3. The molecule has 0 unspecified atom stereocenters. The lowest BCUT2D eigenvalue weighted by atomic mass is 10.1. The summed E-state index contributed by atoms with van der Waals surface area (Å²) in [5.74, 6) is -2.10. The quantitative estimate of drug-likeness (QED) is 0.866. The smallest absolute Gasteiger partial charge is 0.310 e. The van der Waals surface area contributed by atoms with Crippen molar-refractivity contribution in [3.63, 3.8) is 0 Å². The fraction of sp³-hybridized carbons (Fsp3) is 0.364. The molecule has 1 aromatic rings. The van der Waals surface area contributed by atoms with Crippen molar-refractivity contribution < 1.29 is 22.7 Å². The predicted molar refractivity (Wildman–Crippen MR) is 65.9 cm³/mol. The van der Waals surface area contributed by atoms with Crippen molar-refractivity contribution >= 4 is 27.6 Å². The van der Waals surface area contributed by atoms with Gasteiger partial charge in [-0.1, -0.05) is 17.7 Å². The van der Waals surface area contributed by atoms with Gasteiger partial charge in [-0.3, -0.25) is 4.79 Å². The van der Waals surface area contributed by atoms with E-state index >= 15 is 0 Å². The van der Waals surface area contributed by atoms with Crippen molar-refractivity contribution in [2.24, 2.45) is 5.41 Å². The second-order valence-corrected chi connectivity index (χ2v) is 6.60. The minimum Gasteiger partial charge on any atom is -0.481 e. The summed E-state index contributed by atoms with van der Waals surface area (Å²) in [6, 6.07) is 3.61. The largest absolute Gasteiger partial charge is 0.481 e. The van der Waals surface area contributed by atoms with Crippen LogP contribution in [0, 0.1) is 11.2 Å². The standard InChI is InChI=1S/C11H11ClFNO4S/c12-7-2-1-3-8(9(7)13)19(17,18)14-6-11(4-5-11)10(15)16/h1-3,14H,4-6H2,(H,15,16). The molecule has 1 fully saturated rings. The number of rotatable bonds is 5. The highest BCUT2D eigenvalue weighted by Gasteiger charge is 2.50. The first-order valence-corrected chi connectivity index (χ1v) is 7.32. The van der Waals surface area contributed by atoms with Gasteiger partial charge in [-0.15, -0.1) is 0 Å². The van der Waals surface area contributed by atoms with Crippen LogP contribution in [0.5, 0.6) is 0 Å². The highest BCUT2D eigenvalue weighted by atomic mass is 35.5. The molecule has 1 aromatic carbocycles. The van der Waals surface area contributed by atoms with Crippen LogP contribution in [0.3, 0.4) is 0 Å². The van der Waals surface area contributed by atoms with Crippen LogP contribution >= 0.6 is 11.6 Å². The van der Waals surface area contributed by atoms with Crippen LogP contribution in [-0.2, 0) is 14.8 Å². The van der Waals surface area contributed by atoms with Gasteiger partial charge in [0.2, 0.25) is 10.0 Å². The number of aliphatic carboxylic acids is 1. The number of benzene rings is 1. The molecule has 0 aromatic heterocycles. The van der Waals surface area contributed by atoms with E-state index in [1.807, 2.05) is 0 Å². The fourth-order valence-electron chi connectivity index (χ4n) is 1.62. The van der Waals surface area contributed by atoms with E-state index in [-0.39, 0.29) is 11.6 Å². The van der Waals surface area contributed by atoms with Crippen LogP contribution in [-0.4, -0.2) is 26.0 Å². The van der Waals surface area contributed by atoms with Gasteiger partial charge < -0.3 is 5.11 Å². The van der Waals surface area contributed by atoms with Crippen molar-refractivity contribution in [1.82, 2.24) is 4.72 Å². The van der Waals surface area contributed by atoms with Gasteiger partial charge in [0, 0.05) is 6.54 Å². The van der Waals surface area contributed by atoms with Gasteiger partial charge in [0.1, 0.15) is 4.90 Å². The van der Waals surface area contributed by atoms with Gasteiger partial charge in [0.25, 0.3) is 0 Å². The summed E-state index contributed by atoms with van der Waals surface area (Å²) in [6.45, 7) is -0.253. The van der Waals surface area contributed by atoms with E-state index in [9.17, 15) is 17.6 Å². The van der Waals surface area contributed by atoms with E-state index in [2.05, 4.69) is 4.72 Å². The zero-order valence-electron chi connectivity index (χ0n) is 9.69. The third-order valence-corrected chi connectivity index (χ3v) is 4.82. The van der Waals surface area contributed by atoms with Crippen molar-refractivity contribution in [2.75, 3.05) is 6.54 Å². The molecule has 0 amide bonds. The Kier molecular flexibility index (Phi) is 3.55. The monoisotopic (exact) mass is 307 g/mol. The number of carboxylic acid groups (broad SMARTS) is 1. The SMILES string of the molecule is O=C(O)C1(CNS(=O)(=O)c2cccc(Cl)c2F)CC1. The molecule has 104 valence electrons. The number of nitrogens with one attached hydrogen (secondary N) is 1. The average molecular weight is 308 g/mol. The Labute approximate surface area is 114 Å². The molecule has 0 spiro atoms. The Bertz CT molecular complexity index is 628. The molecule has 0 radical (unpaired) electrons. The van der Waals surface area contributed by atoms with Crippen molar-refractivity contribution in [1.29, 1.82) is 0 Å². The predicted octanol–water partition coefficient (Wildman–Crippen LogP) is 1.62. The van der Waals surface area contributed by atoms with E-state index in [1.54, 1.807) is 0 Å². The summed E-state index contributed by atoms with van der Waals surface area (Å²) in [6.07, 6.45) is 0.811. The molecule has 0 aliphatic heterocycles. The third kappa shape index (κ3) is 2.72. The minimum absolute atomic E-state index is 0.253. The zero-order valence-corrected chi connectivity index (χ0v) is 11.3. The molecular formula is C11H11ClFNO4S. The maximum Gasteiger partial charge on any atom is 0.310 e. The first-order valence-electron chi connectivity index (χ1n) is 5.46. The molecule has 8 heteroatoms. The normalized spacial score (nSPS) is 17.2. The summed E-state index contributed by atoms with van der Waals surface area (Å²) in [7, 11) is -4.11. The molecule has 19 heavy (non-hydrogen) atoms. The Morgan fingerprint density at radius 1 is 1.47 bits per heavy atom. The number of sulfonamides is 1. The van der Waals surface area contributed by atoms with Gasteiger partial charge in [-0.05, 0) is 25.0 Å². The number of hydrogen-bond donors (Lipinski definition) is 2. The van der Waals surface area contributed by atoms with Gasteiger partial charge in [-0.2, -0.15) is 0 Å². The Morgan fingerprint density at radius 2 is 2.11 bits per heavy atom. The van der Waals surface area contributed by atoms with Gasteiger partial charge in [0.15, 0.2) is 5.82 Å². The average Bonchev–Trinajstić information content (AvgIpc) is 3.11. The van der Waals surface area contributed by atoms with E-state index < -0.39 is 32.1 Å². The van der Waals surface area contributed by atoms with Crippen LogP contribution < -0.4 is 4.72 Å². The maximum absolute atomic E-state index is 13.6. The summed E-state index contributed by atoms with van der Waals surface area (Å²) in [5.41, 5.74) is -1.05. The number of halogens is 2. The molecule has 5 nitrogen and oxygen atoms in total. The van der Waals surface area contributed by atoms with Gasteiger partial charge in [0.05, 0.1) is 10.4 Å². The molecule has 0 bridgehead atoms. The molecule has 0 saturated heterocycles. The van der Waals surface area contributed by atoms with Crippen LogP contribution in [0.1, 0.15) is 12.8 Å². The lowest BCUT2D eigenvalue weighted by Gasteiger charge is -2.12. The van der Waals surface area contributed by atoms with Crippen molar-refractivity contribution in [3.8, 4) is 0 Å². The first-order chi connectivity index (χ1) is 8.78. The summed E-state index contributed by atoms with van der Waals surface area (Å²) in [5, 5.41) is 8.64. The second-order valence-electron chi connectivity index (χ2n) is 4.46. The Morgan fingerprint density at radius 3 is 2.63 bits per heavy atom. The van der Waals surface area contributed by atoms with E-state index in [1.165, 1.54) is 12.1 Å². The van der Waals surface area contributed by atoms with E-state index in [0.717, 1.165) is 6.07 Å². The molecule has 1 saturated carbocycles. The van der Waals surface area contributed by atoms with E-state index in [4.69, 9.17) is 16.7 Å². The van der Waals surface area contributed by atoms with E-state index in [0.29, 0.717) is 12.8 Å². The first kappa shape index (κ1) is 14.2. The lowest BCUT2D eigenvalue weighted by Crippen LogP contribution is -2.34. The highest BCUT2D eigenvalue weighted by Crippen LogP contribution is 2.45. The third-order valence-electron chi connectivity index (χ3n) is 3.11. The van der Waals surface area contributed by atoms with Gasteiger partial charge in [-0.25, -0.2) is 17.5 Å². The highest BCUT2D eigenvalue weighted by molar-refractivity contribution is 7.89. The molecule has 0 atom stereocenters. The molecule has 2 N–H and O–H groups in total. The zero-order chi connectivity index (χ0) is 14.3. The molecule has 1 aliphatic rings. The number of carbonyl (C=O) groups is 1. The maximum atomic E-state index is 13.6. The van der Waals surface area contributed by atoms with Crippen LogP contribution in [0.25, 0.3) is 0 Å². The molecule has 2 rings (SSSR count). The lowest BCUT2D eigenvalue weighted by molar-refractivity contribution is -0.143. The molecular weight excluding hydrogens is 297 g/mol. The summed E-state index contributed by atoms with van der Waals surface area (Å²) < 4.78 is 39.5. The second kappa shape index (κ2) is 4.73. The topological polar surface area (TPSA) is 83.5 Å².